The molecule has 23 heavy (non-hydrogen) atoms. The van der Waals surface area contributed by atoms with E-state index in [0.29, 0.717) is 5.56 Å². The largest absolute Gasteiger partial charge is 0.337 e. The predicted octanol–water partition coefficient (Wildman–Crippen LogP) is 2.22. The van der Waals surface area contributed by atoms with Crippen LogP contribution in [-0.2, 0) is 0 Å². The third-order valence-corrected chi connectivity index (χ3v) is 4.21. The van der Waals surface area contributed by atoms with Crippen molar-refractivity contribution in [3.63, 3.8) is 0 Å². The smallest absolute Gasteiger partial charge is 0.253 e. The molecule has 1 aliphatic rings. The molecule has 0 spiro atoms. The molecule has 3 aromatic rings. The minimum atomic E-state index is 0.0746. The van der Waals surface area contributed by atoms with Crippen molar-refractivity contribution in [2.75, 3.05) is 26.2 Å². The monoisotopic (exact) mass is 306 g/mol. The van der Waals surface area contributed by atoms with Crippen molar-refractivity contribution >= 4 is 28.0 Å². The Hall–Kier alpha value is -2.53. The van der Waals surface area contributed by atoms with Crippen molar-refractivity contribution in [2.45, 2.75) is 6.42 Å². The Balaban J connectivity index is 1.72. The first-order valence-corrected chi connectivity index (χ1v) is 7.98. The van der Waals surface area contributed by atoms with Crippen molar-refractivity contribution < 1.29 is 4.79 Å². The number of aromatic nitrogens is 2. The highest BCUT2D eigenvalue weighted by molar-refractivity contribution is 5.98. The Kier molecular flexibility index (Phi) is 3.63. The van der Waals surface area contributed by atoms with E-state index in [1.807, 2.05) is 47.4 Å². The summed E-state index contributed by atoms with van der Waals surface area (Å²) in [5.74, 6) is 0.0746. The standard InChI is InChI=1S/C18H18N4O/c23-18(22-10-3-8-19-9-11-22)13-6-7-16-17(12-13)21-15-5-2-1-4-14(15)20-16/h1-2,4-7,12,19H,3,8-11H2. The molecule has 5 nitrogen and oxygen atoms in total. The lowest BCUT2D eigenvalue weighted by Gasteiger charge is -2.20. The second kappa shape index (κ2) is 5.93. The normalized spacial score (nSPS) is 15.7. The van der Waals surface area contributed by atoms with Gasteiger partial charge in [-0.25, -0.2) is 9.97 Å². The second-order valence-electron chi connectivity index (χ2n) is 5.81. The van der Waals surface area contributed by atoms with Gasteiger partial charge in [0.05, 0.1) is 22.1 Å². The van der Waals surface area contributed by atoms with Gasteiger partial charge in [-0.15, -0.1) is 0 Å². The van der Waals surface area contributed by atoms with Crippen LogP contribution in [-0.4, -0.2) is 47.0 Å². The third kappa shape index (κ3) is 2.75. The van der Waals surface area contributed by atoms with E-state index in [-0.39, 0.29) is 5.91 Å². The minimum absolute atomic E-state index is 0.0746. The van der Waals surface area contributed by atoms with Crippen LogP contribution in [0.1, 0.15) is 16.8 Å². The molecule has 0 unspecified atom stereocenters. The number of carbonyl (C=O) groups is 1. The number of fused-ring (bicyclic) bond motifs is 2. The van der Waals surface area contributed by atoms with E-state index in [1.54, 1.807) is 0 Å². The lowest BCUT2D eigenvalue weighted by Crippen LogP contribution is -2.34. The van der Waals surface area contributed by atoms with Gasteiger partial charge in [0.2, 0.25) is 0 Å². The van der Waals surface area contributed by atoms with Gasteiger partial charge in [-0.2, -0.15) is 0 Å². The topological polar surface area (TPSA) is 58.1 Å². The van der Waals surface area contributed by atoms with Crippen LogP contribution in [0.2, 0.25) is 0 Å². The number of carbonyl (C=O) groups excluding carboxylic acids is 1. The van der Waals surface area contributed by atoms with E-state index in [0.717, 1.165) is 54.7 Å². The van der Waals surface area contributed by atoms with E-state index in [1.165, 1.54) is 0 Å². The molecule has 0 atom stereocenters. The fraction of sp³-hybridized carbons (Fsp3) is 0.278. The quantitative estimate of drug-likeness (QED) is 0.700. The summed E-state index contributed by atoms with van der Waals surface area (Å²) >= 11 is 0. The number of benzene rings is 2. The van der Waals surface area contributed by atoms with Gasteiger partial charge in [0, 0.05) is 25.2 Å². The summed E-state index contributed by atoms with van der Waals surface area (Å²) < 4.78 is 0. The Morgan fingerprint density at radius 1 is 0.913 bits per heavy atom. The molecule has 1 aromatic heterocycles. The summed E-state index contributed by atoms with van der Waals surface area (Å²) in [5.41, 5.74) is 3.99. The zero-order chi connectivity index (χ0) is 15.6. The Morgan fingerprint density at radius 3 is 2.48 bits per heavy atom. The van der Waals surface area contributed by atoms with Crippen LogP contribution in [0.3, 0.4) is 0 Å². The Labute approximate surface area is 134 Å². The number of para-hydroxylation sites is 2. The number of amides is 1. The molecular formula is C18H18N4O. The van der Waals surface area contributed by atoms with E-state index in [9.17, 15) is 4.79 Å². The van der Waals surface area contributed by atoms with Gasteiger partial charge in [-0.05, 0) is 43.3 Å². The number of nitrogens with one attached hydrogen (secondary N) is 1. The molecule has 5 heteroatoms. The molecule has 0 saturated carbocycles. The molecule has 0 aliphatic carbocycles. The molecule has 2 aromatic carbocycles. The highest BCUT2D eigenvalue weighted by atomic mass is 16.2. The number of rotatable bonds is 1. The van der Waals surface area contributed by atoms with Crippen LogP contribution in [0.15, 0.2) is 42.5 Å². The zero-order valence-corrected chi connectivity index (χ0v) is 12.8. The van der Waals surface area contributed by atoms with Crippen LogP contribution >= 0.6 is 0 Å². The Bertz CT molecular complexity index is 869. The maximum Gasteiger partial charge on any atom is 0.253 e. The lowest BCUT2D eigenvalue weighted by atomic mass is 10.1. The lowest BCUT2D eigenvalue weighted by molar-refractivity contribution is 0.0766. The number of nitrogens with zero attached hydrogens (tertiary/aromatic N) is 3. The van der Waals surface area contributed by atoms with Crippen LogP contribution in [0.4, 0.5) is 0 Å². The molecule has 1 saturated heterocycles. The summed E-state index contributed by atoms with van der Waals surface area (Å²) in [6.07, 6.45) is 0.990. The highest BCUT2D eigenvalue weighted by Gasteiger charge is 2.17. The maximum atomic E-state index is 12.7. The molecule has 1 N–H and O–H groups in total. The molecule has 0 radical (unpaired) electrons. The summed E-state index contributed by atoms with van der Waals surface area (Å²) in [5, 5.41) is 3.32. The van der Waals surface area contributed by atoms with Crippen molar-refractivity contribution in [3.05, 3.63) is 48.0 Å². The molecule has 1 aliphatic heterocycles. The van der Waals surface area contributed by atoms with Gasteiger partial charge in [0.1, 0.15) is 0 Å². The number of hydrogen-bond acceptors (Lipinski definition) is 4. The summed E-state index contributed by atoms with van der Waals surface area (Å²) in [6, 6.07) is 13.4. The average molecular weight is 306 g/mol. The van der Waals surface area contributed by atoms with Crippen LogP contribution in [0, 0.1) is 0 Å². The van der Waals surface area contributed by atoms with Crippen LogP contribution in [0.25, 0.3) is 22.1 Å². The Morgan fingerprint density at radius 2 is 1.65 bits per heavy atom. The SMILES string of the molecule is O=C(c1ccc2nc3ccccc3nc2c1)N1CCCNCC1. The van der Waals surface area contributed by atoms with E-state index < -0.39 is 0 Å². The highest BCUT2D eigenvalue weighted by Crippen LogP contribution is 2.18. The fourth-order valence-electron chi connectivity index (χ4n) is 2.98. The van der Waals surface area contributed by atoms with Crippen molar-refractivity contribution in [1.29, 1.82) is 0 Å². The van der Waals surface area contributed by atoms with E-state index in [4.69, 9.17) is 0 Å². The number of hydrogen-bond donors (Lipinski definition) is 1. The molecule has 116 valence electrons. The first-order chi connectivity index (χ1) is 11.3. The second-order valence-corrected chi connectivity index (χ2v) is 5.81. The van der Waals surface area contributed by atoms with Crippen LogP contribution in [0.5, 0.6) is 0 Å². The average Bonchev–Trinajstić information content (AvgIpc) is 2.88. The van der Waals surface area contributed by atoms with Crippen molar-refractivity contribution in [3.8, 4) is 0 Å². The van der Waals surface area contributed by atoms with Crippen LogP contribution < -0.4 is 5.32 Å². The van der Waals surface area contributed by atoms with Crippen molar-refractivity contribution in [2.24, 2.45) is 0 Å². The van der Waals surface area contributed by atoms with Gasteiger partial charge in [0.15, 0.2) is 0 Å². The third-order valence-electron chi connectivity index (χ3n) is 4.21. The van der Waals surface area contributed by atoms with E-state index >= 15 is 0 Å². The summed E-state index contributed by atoms with van der Waals surface area (Å²) in [4.78, 5) is 23.9. The van der Waals surface area contributed by atoms with Gasteiger partial charge < -0.3 is 10.2 Å². The molecule has 1 amide bonds. The molecule has 4 rings (SSSR count). The first-order valence-electron chi connectivity index (χ1n) is 7.98. The molecular weight excluding hydrogens is 288 g/mol. The zero-order valence-electron chi connectivity index (χ0n) is 12.8. The van der Waals surface area contributed by atoms with Gasteiger partial charge in [-0.1, -0.05) is 12.1 Å². The summed E-state index contributed by atoms with van der Waals surface area (Å²) in [7, 11) is 0. The first kappa shape index (κ1) is 14.1. The predicted molar refractivity (Wildman–Crippen MR) is 90.4 cm³/mol. The van der Waals surface area contributed by atoms with Crippen molar-refractivity contribution in [1.82, 2.24) is 20.2 Å². The molecule has 2 heterocycles. The van der Waals surface area contributed by atoms with Gasteiger partial charge in [-0.3, -0.25) is 4.79 Å². The minimum Gasteiger partial charge on any atom is -0.337 e. The van der Waals surface area contributed by atoms with Gasteiger partial charge >= 0.3 is 0 Å². The maximum absolute atomic E-state index is 12.7. The summed E-state index contributed by atoms with van der Waals surface area (Å²) in [6.45, 7) is 3.37. The van der Waals surface area contributed by atoms with Gasteiger partial charge in [0.25, 0.3) is 5.91 Å². The molecule has 0 bridgehead atoms. The van der Waals surface area contributed by atoms with E-state index in [2.05, 4.69) is 15.3 Å². The molecule has 1 fully saturated rings. The fourth-order valence-corrected chi connectivity index (χ4v) is 2.98.